The number of ether oxygens (including phenoxy) is 1. The van der Waals surface area contributed by atoms with Gasteiger partial charge in [0.25, 0.3) is 0 Å². The molecule has 1 amide bonds. The van der Waals surface area contributed by atoms with Crippen LogP contribution in [-0.4, -0.2) is 39.8 Å². The molecule has 2 rings (SSSR count). The summed E-state index contributed by atoms with van der Waals surface area (Å²) in [5, 5.41) is 10.8. The van der Waals surface area contributed by atoms with Crippen molar-refractivity contribution >= 4 is 29.0 Å². The molecule has 0 aliphatic carbocycles. The molecule has 0 saturated carbocycles. The summed E-state index contributed by atoms with van der Waals surface area (Å²) in [7, 11) is 0. The molecule has 2 heterocycles. The molecule has 0 spiro atoms. The smallest absolute Gasteiger partial charge is 0.410 e. The molecule has 7 heteroatoms. The van der Waals surface area contributed by atoms with Crippen molar-refractivity contribution in [3.05, 3.63) is 16.1 Å². The van der Waals surface area contributed by atoms with E-state index in [0.717, 1.165) is 10.6 Å². The maximum atomic E-state index is 12.0. The fourth-order valence-electron chi connectivity index (χ4n) is 2.36. The van der Waals surface area contributed by atoms with E-state index in [1.54, 1.807) is 10.4 Å². The molecule has 0 aromatic carbocycles. The van der Waals surface area contributed by atoms with Crippen LogP contribution < -0.4 is 0 Å². The molecule has 1 aromatic heterocycles. The van der Waals surface area contributed by atoms with E-state index < -0.39 is 11.2 Å². The van der Waals surface area contributed by atoms with Crippen LogP contribution in [0, 0.1) is 0 Å². The van der Waals surface area contributed by atoms with Crippen molar-refractivity contribution < 1.29 is 14.6 Å². The fraction of sp³-hybridized carbons (Fsp3) is 0.714. The number of thiazole rings is 1. The van der Waals surface area contributed by atoms with E-state index in [4.69, 9.17) is 16.3 Å². The molecule has 1 aliphatic rings. The minimum absolute atomic E-state index is 0.289. The average molecular weight is 333 g/mol. The third-order valence-corrected chi connectivity index (χ3v) is 4.75. The Kier molecular flexibility index (Phi) is 4.80. The summed E-state index contributed by atoms with van der Waals surface area (Å²) in [6, 6.07) is 0. The van der Waals surface area contributed by atoms with Crippen LogP contribution >= 0.6 is 22.9 Å². The number of carbonyl (C=O) groups is 1. The molecular formula is C14H21ClN2O3S. The summed E-state index contributed by atoms with van der Waals surface area (Å²) in [4.78, 5) is 18.7. The zero-order valence-corrected chi connectivity index (χ0v) is 14.1. The summed E-state index contributed by atoms with van der Waals surface area (Å²) in [6.07, 6.45) is 0.614. The van der Waals surface area contributed by atoms with Gasteiger partial charge in [0.2, 0.25) is 0 Å². The van der Waals surface area contributed by atoms with Crippen molar-refractivity contribution in [3.8, 4) is 0 Å². The normalized spacial score (nSPS) is 18.6. The number of halogens is 1. The van der Waals surface area contributed by atoms with Gasteiger partial charge in [0.1, 0.15) is 11.2 Å². The molecule has 1 N–H and O–H groups in total. The minimum atomic E-state index is -0.941. The van der Waals surface area contributed by atoms with Crippen LogP contribution in [0.1, 0.15) is 44.2 Å². The predicted octanol–water partition coefficient (Wildman–Crippen LogP) is 3.10. The highest BCUT2D eigenvalue weighted by molar-refractivity contribution is 7.09. The van der Waals surface area contributed by atoms with Gasteiger partial charge in [-0.3, -0.25) is 0 Å². The quantitative estimate of drug-likeness (QED) is 0.845. The van der Waals surface area contributed by atoms with Crippen molar-refractivity contribution in [2.75, 3.05) is 13.1 Å². The largest absolute Gasteiger partial charge is 0.444 e. The van der Waals surface area contributed by atoms with E-state index in [-0.39, 0.29) is 12.0 Å². The van der Waals surface area contributed by atoms with Gasteiger partial charge in [-0.15, -0.1) is 22.9 Å². The van der Waals surface area contributed by atoms with E-state index in [1.165, 1.54) is 11.3 Å². The molecule has 0 bridgehead atoms. The Bertz CT molecular complexity index is 505. The SMILES string of the molecule is CC(C)(C)OC(=O)N1CCC(O)(c2scnc2CCl)CC1. The average Bonchev–Trinajstić information content (AvgIpc) is 2.86. The number of alkyl halides is 1. The van der Waals surface area contributed by atoms with Gasteiger partial charge < -0.3 is 14.7 Å². The minimum Gasteiger partial charge on any atom is -0.444 e. The van der Waals surface area contributed by atoms with Crippen LogP contribution in [0.4, 0.5) is 4.79 Å². The first-order valence-electron chi connectivity index (χ1n) is 6.94. The predicted molar refractivity (Wildman–Crippen MR) is 82.6 cm³/mol. The van der Waals surface area contributed by atoms with Crippen LogP contribution in [0.3, 0.4) is 0 Å². The van der Waals surface area contributed by atoms with Crippen molar-refractivity contribution in [2.24, 2.45) is 0 Å². The topological polar surface area (TPSA) is 62.7 Å². The van der Waals surface area contributed by atoms with Gasteiger partial charge in [0.05, 0.1) is 22.0 Å². The van der Waals surface area contributed by atoms with E-state index in [1.807, 2.05) is 20.8 Å². The Morgan fingerprint density at radius 2 is 2.14 bits per heavy atom. The zero-order chi connectivity index (χ0) is 15.7. The summed E-state index contributed by atoms with van der Waals surface area (Å²) < 4.78 is 5.36. The summed E-state index contributed by atoms with van der Waals surface area (Å²) in [5.41, 5.74) is 0.985. The Hall–Kier alpha value is -0.850. The Labute approximate surface area is 133 Å². The van der Waals surface area contributed by atoms with Gasteiger partial charge in [-0.05, 0) is 33.6 Å². The van der Waals surface area contributed by atoms with Crippen LogP contribution in [0.2, 0.25) is 0 Å². The van der Waals surface area contributed by atoms with Crippen molar-refractivity contribution in [2.45, 2.75) is 50.7 Å². The molecule has 21 heavy (non-hydrogen) atoms. The third-order valence-electron chi connectivity index (χ3n) is 3.43. The van der Waals surface area contributed by atoms with Crippen molar-refractivity contribution in [1.82, 2.24) is 9.88 Å². The van der Waals surface area contributed by atoms with Crippen LogP contribution in [0.5, 0.6) is 0 Å². The summed E-state index contributed by atoms with van der Waals surface area (Å²) in [6.45, 7) is 6.45. The molecule has 0 radical (unpaired) electrons. The molecule has 1 aromatic rings. The second kappa shape index (κ2) is 6.10. The summed E-state index contributed by atoms with van der Waals surface area (Å²) >= 11 is 7.27. The Balaban J connectivity index is 2.01. The van der Waals surface area contributed by atoms with Gasteiger partial charge in [0, 0.05) is 13.1 Å². The second-order valence-corrected chi connectivity index (χ2v) is 7.38. The highest BCUT2D eigenvalue weighted by Crippen LogP contribution is 2.37. The van der Waals surface area contributed by atoms with Crippen LogP contribution in [-0.2, 0) is 16.2 Å². The fourth-order valence-corrected chi connectivity index (χ4v) is 3.61. The van der Waals surface area contributed by atoms with Gasteiger partial charge >= 0.3 is 6.09 Å². The number of nitrogens with zero attached hydrogens (tertiary/aromatic N) is 2. The van der Waals surface area contributed by atoms with E-state index in [0.29, 0.717) is 25.9 Å². The number of carbonyl (C=O) groups excluding carboxylic acids is 1. The van der Waals surface area contributed by atoms with E-state index in [2.05, 4.69) is 4.98 Å². The number of hydrogen-bond acceptors (Lipinski definition) is 5. The first kappa shape index (κ1) is 16.5. The molecule has 118 valence electrons. The molecule has 1 aliphatic heterocycles. The lowest BCUT2D eigenvalue weighted by Crippen LogP contribution is -2.46. The van der Waals surface area contributed by atoms with Crippen molar-refractivity contribution in [1.29, 1.82) is 0 Å². The highest BCUT2D eigenvalue weighted by Gasteiger charge is 2.39. The van der Waals surface area contributed by atoms with E-state index >= 15 is 0 Å². The first-order valence-corrected chi connectivity index (χ1v) is 8.36. The number of rotatable bonds is 2. The van der Waals surface area contributed by atoms with Crippen LogP contribution in [0.15, 0.2) is 5.51 Å². The Morgan fingerprint density at radius 3 is 2.67 bits per heavy atom. The molecule has 0 unspecified atom stereocenters. The molecule has 0 atom stereocenters. The van der Waals surface area contributed by atoms with Gasteiger partial charge in [-0.1, -0.05) is 0 Å². The molecule has 1 fully saturated rings. The maximum absolute atomic E-state index is 12.0. The highest BCUT2D eigenvalue weighted by atomic mass is 35.5. The number of aromatic nitrogens is 1. The lowest BCUT2D eigenvalue weighted by molar-refractivity contribution is -0.0339. The number of amides is 1. The molecular weight excluding hydrogens is 312 g/mol. The molecule has 1 saturated heterocycles. The van der Waals surface area contributed by atoms with E-state index in [9.17, 15) is 9.90 Å². The number of piperidine rings is 1. The third kappa shape index (κ3) is 3.87. The monoisotopic (exact) mass is 332 g/mol. The van der Waals surface area contributed by atoms with Crippen LogP contribution in [0.25, 0.3) is 0 Å². The summed E-state index contributed by atoms with van der Waals surface area (Å²) in [5.74, 6) is 0.289. The lowest BCUT2D eigenvalue weighted by Gasteiger charge is -2.38. The lowest BCUT2D eigenvalue weighted by atomic mass is 9.89. The first-order chi connectivity index (χ1) is 9.75. The van der Waals surface area contributed by atoms with Gasteiger partial charge in [0.15, 0.2) is 0 Å². The number of hydrogen-bond donors (Lipinski definition) is 1. The maximum Gasteiger partial charge on any atom is 0.410 e. The zero-order valence-electron chi connectivity index (χ0n) is 12.6. The van der Waals surface area contributed by atoms with Gasteiger partial charge in [-0.2, -0.15) is 0 Å². The number of likely N-dealkylation sites (tertiary alicyclic amines) is 1. The van der Waals surface area contributed by atoms with Gasteiger partial charge in [-0.25, -0.2) is 9.78 Å². The van der Waals surface area contributed by atoms with Crippen molar-refractivity contribution in [3.63, 3.8) is 0 Å². The number of aliphatic hydroxyl groups is 1. The second-order valence-electron chi connectivity index (χ2n) is 6.26. The Morgan fingerprint density at radius 1 is 1.52 bits per heavy atom. The molecule has 5 nitrogen and oxygen atoms in total. The standard InChI is InChI=1S/C14H21ClN2O3S/c1-13(2,3)20-12(18)17-6-4-14(19,5-7-17)11-10(8-15)16-9-21-11/h9,19H,4-8H2,1-3H3.